The fraction of sp³-hybridized carbons (Fsp3) is 0.600. The van der Waals surface area contributed by atoms with E-state index in [0.29, 0.717) is 36.4 Å². The zero-order chi connectivity index (χ0) is 14.7. The van der Waals surface area contributed by atoms with Crippen LogP contribution in [0, 0.1) is 11.8 Å². The molecule has 0 spiro atoms. The Kier molecular flexibility index (Phi) is 2.70. The SMILES string of the molecule is CS(=O)(=O)C1(c2noc(C3=CC4C=CC(C3)C4)n2)CCC1. The van der Waals surface area contributed by atoms with Gasteiger partial charge in [-0.3, -0.25) is 0 Å². The van der Waals surface area contributed by atoms with Crippen molar-refractivity contribution in [2.24, 2.45) is 11.8 Å². The minimum Gasteiger partial charge on any atom is -0.334 e. The van der Waals surface area contributed by atoms with Crippen LogP contribution in [-0.4, -0.2) is 24.8 Å². The number of nitrogens with zero attached hydrogens (tertiary/aromatic N) is 2. The summed E-state index contributed by atoms with van der Waals surface area (Å²) in [5.41, 5.74) is 1.06. The Morgan fingerprint density at radius 3 is 2.76 bits per heavy atom. The quantitative estimate of drug-likeness (QED) is 0.802. The second-order valence-electron chi connectivity index (χ2n) is 6.48. The van der Waals surface area contributed by atoms with Gasteiger partial charge < -0.3 is 4.52 Å². The number of allylic oxidation sites excluding steroid dienone is 4. The maximum absolute atomic E-state index is 12.1. The Morgan fingerprint density at radius 2 is 2.14 bits per heavy atom. The molecule has 1 aromatic rings. The molecule has 112 valence electrons. The number of hydrogen-bond acceptors (Lipinski definition) is 5. The van der Waals surface area contributed by atoms with Crippen LogP contribution in [0.4, 0.5) is 0 Å². The highest BCUT2D eigenvalue weighted by Crippen LogP contribution is 2.47. The minimum absolute atomic E-state index is 0.345. The van der Waals surface area contributed by atoms with Crippen LogP contribution in [0.5, 0.6) is 0 Å². The number of rotatable bonds is 3. The molecule has 1 heterocycles. The molecule has 0 aliphatic heterocycles. The lowest BCUT2D eigenvalue weighted by Crippen LogP contribution is -2.42. The Morgan fingerprint density at radius 1 is 1.33 bits per heavy atom. The molecule has 5 nitrogen and oxygen atoms in total. The molecule has 21 heavy (non-hydrogen) atoms. The van der Waals surface area contributed by atoms with Gasteiger partial charge in [-0.05, 0) is 43.9 Å². The summed E-state index contributed by atoms with van der Waals surface area (Å²) in [4.78, 5) is 4.44. The van der Waals surface area contributed by atoms with Crippen molar-refractivity contribution >= 4 is 15.4 Å². The Labute approximate surface area is 124 Å². The average Bonchev–Trinajstić information content (AvgIpc) is 2.94. The topological polar surface area (TPSA) is 73.1 Å². The monoisotopic (exact) mass is 306 g/mol. The van der Waals surface area contributed by atoms with Crippen LogP contribution in [0.15, 0.2) is 22.8 Å². The van der Waals surface area contributed by atoms with E-state index in [1.165, 1.54) is 6.26 Å². The zero-order valence-electron chi connectivity index (χ0n) is 11.9. The largest absolute Gasteiger partial charge is 0.334 e. The second kappa shape index (κ2) is 4.29. The van der Waals surface area contributed by atoms with E-state index < -0.39 is 14.6 Å². The molecule has 1 aromatic heterocycles. The first kappa shape index (κ1) is 13.2. The molecule has 6 heteroatoms. The van der Waals surface area contributed by atoms with Crippen molar-refractivity contribution in [2.45, 2.75) is 36.9 Å². The third-order valence-corrected chi connectivity index (χ3v) is 7.09. The van der Waals surface area contributed by atoms with Gasteiger partial charge in [0.05, 0.1) is 0 Å². The van der Waals surface area contributed by atoms with Crippen molar-refractivity contribution in [3.05, 3.63) is 29.9 Å². The molecule has 0 aromatic carbocycles. The fourth-order valence-corrected chi connectivity index (χ4v) is 5.09. The first-order valence-corrected chi connectivity index (χ1v) is 9.30. The highest BCUT2D eigenvalue weighted by molar-refractivity contribution is 7.91. The van der Waals surface area contributed by atoms with E-state index in [1.54, 1.807) is 0 Å². The van der Waals surface area contributed by atoms with Crippen molar-refractivity contribution in [1.82, 2.24) is 10.1 Å². The van der Waals surface area contributed by atoms with Gasteiger partial charge in [0.25, 0.3) is 5.89 Å². The van der Waals surface area contributed by atoms with Gasteiger partial charge in [-0.15, -0.1) is 0 Å². The van der Waals surface area contributed by atoms with Crippen LogP contribution in [0.25, 0.3) is 5.57 Å². The van der Waals surface area contributed by atoms with E-state index in [9.17, 15) is 8.42 Å². The molecule has 2 unspecified atom stereocenters. The molecule has 3 aliphatic carbocycles. The van der Waals surface area contributed by atoms with Crippen LogP contribution in [0.2, 0.25) is 0 Å². The van der Waals surface area contributed by atoms with Crippen molar-refractivity contribution in [3.8, 4) is 0 Å². The lowest BCUT2D eigenvalue weighted by atomic mass is 9.83. The van der Waals surface area contributed by atoms with Gasteiger partial charge in [-0.1, -0.05) is 23.4 Å². The van der Waals surface area contributed by atoms with Crippen LogP contribution >= 0.6 is 0 Å². The van der Waals surface area contributed by atoms with E-state index in [1.807, 2.05) is 0 Å². The highest BCUT2D eigenvalue weighted by atomic mass is 32.2. The van der Waals surface area contributed by atoms with Gasteiger partial charge in [0.1, 0.15) is 4.75 Å². The van der Waals surface area contributed by atoms with Crippen LogP contribution in [-0.2, 0) is 14.6 Å². The maximum Gasteiger partial charge on any atom is 0.253 e. The molecule has 3 aliphatic rings. The molecule has 0 radical (unpaired) electrons. The Bertz CT molecular complexity index is 741. The van der Waals surface area contributed by atoms with Crippen molar-refractivity contribution in [1.29, 1.82) is 0 Å². The zero-order valence-corrected chi connectivity index (χ0v) is 12.8. The minimum atomic E-state index is -3.22. The van der Waals surface area contributed by atoms with Crippen LogP contribution in [0.3, 0.4) is 0 Å². The van der Waals surface area contributed by atoms with Gasteiger partial charge in [0, 0.05) is 11.8 Å². The number of aromatic nitrogens is 2. The van der Waals surface area contributed by atoms with Crippen molar-refractivity contribution in [3.63, 3.8) is 0 Å². The number of hydrogen-bond donors (Lipinski definition) is 0. The Hall–Kier alpha value is -1.43. The molecule has 1 fully saturated rings. The predicted octanol–water partition coefficient (Wildman–Crippen LogP) is 2.47. The second-order valence-corrected chi connectivity index (χ2v) is 8.81. The van der Waals surface area contributed by atoms with E-state index >= 15 is 0 Å². The summed E-state index contributed by atoms with van der Waals surface area (Å²) in [6, 6.07) is 0. The first-order chi connectivity index (χ1) is 9.98. The lowest BCUT2D eigenvalue weighted by Gasteiger charge is -2.36. The van der Waals surface area contributed by atoms with Gasteiger partial charge in [-0.25, -0.2) is 8.42 Å². The normalized spacial score (nSPS) is 30.0. The summed E-state index contributed by atoms with van der Waals surface area (Å²) in [6.45, 7) is 0. The third-order valence-electron chi connectivity index (χ3n) is 5.08. The molecule has 2 bridgehead atoms. The smallest absolute Gasteiger partial charge is 0.253 e. The predicted molar refractivity (Wildman–Crippen MR) is 78.0 cm³/mol. The molecule has 1 saturated carbocycles. The van der Waals surface area contributed by atoms with Gasteiger partial charge in [0.15, 0.2) is 15.7 Å². The van der Waals surface area contributed by atoms with Crippen molar-refractivity contribution < 1.29 is 12.9 Å². The summed E-state index contributed by atoms with van der Waals surface area (Å²) in [7, 11) is -3.22. The first-order valence-electron chi connectivity index (χ1n) is 7.41. The van der Waals surface area contributed by atoms with Crippen LogP contribution < -0.4 is 0 Å². The molecule has 0 N–H and O–H groups in total. The van der Waals surface area contributed by atoms with E-state index in [2.05, 4.69) is 28.4 Å². The maximum atomic E-state index is 12.1. The summed E-state index contributed by atoms with van der Waals surface area (Å²) in [6.07, 6.45) is 12.1. The van der Waals surface area contributed by atoms with E-state index in [4.69, 9.17) is 4.52 Å². The van der Waals surface area contributed by atoms with Gasteiger partial charge in [-0.2, -0.15) is 4.98 Å². The van der Waals surface area contributed by atoms with Gasteiger partial charge in [0.2, 0.25) is 0 Å². The summed E-state index contributed by atoms with van der Waals surface area (Å²) in [5, 5.41) is 4.00. The van der Waals surface area contributed by atoms with Gasteiger partial charge >= 0.3 is 0 Å². The number of fused-ring (bicyclic) bond motifs is 2. The summed E-state index contributed by atoms with van der Waals surface area (Å²) in [5.74, 6) is 1.86. The molecular formula is C15H18N2O3S. The standard InChI is InChI=1S/C15H18N2O3S/c1-21(18,19)15(5-2-6-15)14-16-13(20-17-14)12-8-10-3-4-11(7-10)9-12/h3-4,8,10-11H,2,5-7,9H2,1H3. The molecule has 0 saturated heterocycles. The number of sulfone groups is 1. The van der Waals surface area contributed by atoms with E-state index in [-0.39, 0.29) is 0 Å². The molecule has 0 amide bonds. The highest BCUT2D eigenvalue weighted by Gasteiger charge is 2.51. The van der Waals surface area contributed by atoms with Crippen LogP contribution in [0.1, 0.15) is 43.8 Å². The molecular weight excluding hydrogens is 288 g/mol. The third kappa shape index (κ3) is 1.92. The molecule has 2 atom stereocenters. The average molecular weight is 306 g/mol. The summed E-state index contributed by atoms with van der Waals surface area (Å²) >= 11 is 0. The Balaban J connectivity index is 1.68. The fourth-order valence-electron chi connectivity index (χ4n) is 3.65. The summed E-state index contributed by atoms with van der Waals surface area (Å²) < 4.78 is 28.6. The van der Waals surface area contributed by atoms with Crippen molar-refractivity contribution in [2.75, 3.05) is 6.26 Å². The molecule has 4 rings (SSSR count). The lowest BCUT2D eigenvalue weighted by molar-refractivity contribution is 0.311. The van der Waals surface area contributed by atoms with E-state index in [0.717, 1.165) is 24.8 Å².